The quantitative estimate of drug-likeness (QED) is 0.792. The molecule has 3 rings (SSSR count). The minimum atomic E-state index is -0.329. The number of carbonyl (C=O) groups excluding carboxylic acids is 2. The van der Waals surface area contributed by atoms with Crippen molar-refractivity contribution in [1.29, 1.82) is 0 Å². The van der Waals surface area contributed by atoms with E-state index in [4.69, 9.17) is 0 Å². The Labute approximate surface area is 164 Å². The molecule has 0 fully saturated rings. The highest BCUT2D eigenvalue weighted by Crippen LogP contribution is 2.15. The summed E-state index contributed by atoms with van der Waals surface area (Å²) in [4.78, 5) is 28.7. The first kappa shape index (κ1) is 19.6. The molecule has 148 valence electrons. The lowest BCUT2D eigenvalue weighted by Crippen LogP contribution is -2.56. The van der Waals surface area contributed by atoms with Gasteiger partial charge in [0.05, 0.1) is 11.4 Å². The van der Waals surface area contributed by atoms with Gasteiger partial charge in [-0.3, -0.25) is 24.7 Å². The second-order valence-corrected chi connectivity index (χ2v) is 7.27. The van der Waals surface area contributed by atoms with Crippen LogP contribution >= 0.6 is 0 Å². The predicted octanol–water partition coefficient (Wildman–Crippen LogP) is 1.51. The fraction of sp³-hybridized carbons (Fsp3) is 0.400. The molecule has 0 spiro atoms. The number of anilines is 1. The Hall–Kier alpha value is -3.16. The van der Waals surface area contributed by atoms with E-state index >= 15 is 0 Å². The summed E-state index contributed by atoms with van der Waals surface area (Å²) in [7, 11) is 0. The molecule has 1 unspecified atom stereocenters. The third-order valence-electron chi connectivity index (χ3n) is 4.55. The fourth-order valence-electron chi connectivity index (χ4n) is 3.02. The summed E-state index contributed by atoms with van der Waals surface area (Å²) >= 11 is 0. The summed E-state index contributed by atoms with van der Waals surface area (Å²) in [5, 5.41) is 8.69. The Bertz CT molecular complexity index is 900. The monoisotopic (exact) mass is 382 g/mol. The summed E-state index contributed by atoms with van der Waals surface area (Å²) in [6, 6.07) is 9.52. The number of hydrogen-bond acceptors (Lipinski definition) is 5. The molecule has 2 amide bonds. The van der Waals surface area contributed by atoms with Crippen molar-refractivity contribution < 1.29 is 9.59 Å². The first-order chi connectivity index (χ1) is 13.3. The Morgan fingerprint density at radius 2 is 1.96 bits per heavy atom. The molecule has 2 heterocycles. The van der Waals surface area contributed by atoms with Crippen LogP contribution in [0.25, 0.3) is 0 Å². The number of aromatic nitrogens is 2. The summed E-state index contributed by atoms with van der Waals surface area (Å²) in [6.07, 6.45) is 0. The van der Waals surface area contributed by atoms with Gasteiger partial charge in [-0.25, -0.2) is 5.01 Å². The molecule has 1 aliphatic heterocycles. The van der Waals surface area contributed by atoms with E-state index in [2.05, 4.69) is 27.8 Å². The molecule has 28 heavy (non-hydrogen) atoms. The molecule has 0 saturated carbocycles. The van der Waals surface area contributed by atoms with E-state index in [9.17, 15) is 9.59 Å². The SMILES string of the molecule is Cc1ccc(N2NC(C(=O)NCC(C)Cn3nc(C)cc3C)=NCC2=O)cc1. The maximum Gasteiger partial charge on any atom is 0.288 e. The molecule has 1 aromatic carbocycles. The van der Waals surface area contributed by atoms with Crippen LogP contribution in [-0.4, -0.2) is 40.5 Å². The van der Waals surface area contributed by atoms with Crippen LogP contribution in [-0.2, 0) is 16.1 Å². The van der Waals surface area contributed by atoms with Gasteiger partial charge in [0.15, 0.2) is 0 Å². The molecule has 0 radical (unpaired) electrons. The third-order valence-corrected chi connectivity index (χ3v) is 4.55. The van der Waals surface area contributed by atoms with Gasteiger partial charge in [-0.05, 0) is 44.9 Å². The van der Waals surface area contributed by atoms with Gasteiger partial charge in [0.25, 0.3) is 11.8 Å². The standard InChI is InChI=1S/C20H26N6O2/c1-13-5-7-17(8-6-13)26-18(27)11-21-19(24-26)20(28)22-10-14(2)12-25-16(4)9-15(3)23-25/h5-9,14H,10-12H2,1-4H3,(H,21,24)(H,22,28). The normalized spacial score (nSPS) is 15.1. The third kappa shape index (κ3) is 4.57. The number of nitrogens with one attached hydrogen (secondary N) is 2. The van der Waals surface area contributed by atoms with Crippen molar-refractivity contribution in [1.82, 2.24) is 20.5 Å². The summed E-state index contributed by atoms with van der Waals surface area (Å²) < 4.78 is 1.94. The molecule has 1 aromatic heterocycles. The molecule has 8 heteroatoms. The van der Waals surface area contributed by atoms with E-state index in [1.54, 1.807) is 0 Å². The van der Waals surface area contributed by atoms with E-state index in [1.165, 1.54) is 5.01 Å². The zero-order chi connectivity index (χ0) is 20.3. The van der Waals surface area contributed by atoms with Crippen molar-refractivity contribution in [3.05, 3.63) is 47.3 Å². The first-order valence-electron chi connectivity index (χ1n) is 9.33. The number of hydrogen-bond donors (Lipinski definition) is 2. The van der Waals surface area contributed by atoms with Crippen molar-refractivity contribution in [2.75, 3.05) is 18.1 Å². The second kappa shape index (κ2) is 8.24. The lowest BCUT2D eigenvalue weighted by atomic mass is 10.2. The Balaban J connectivity index is 1.57. The maximum absolute atomic E-state index is 12.5. The average Bonchev–Trinajstić information content (AvgIpc) is 2.98. The summed E-state index contributed by atoms with van der Waals surface area (Å²) in [5.41, 5.74) is 6.68. The minimum Gasteiger partial charge on any atom is -0.349 e. The molecule has 1 aliphatic rings. The topological polar surface area (TPSA) is 91.6 Å². The number of rotatable bonds is 6. The zero-order valence-corrected chi connectivity index (χ0v) is 16.7. The Morgan fingerprint density at radius 3 is 2.61 bits per heavy atom. The van der Waals surface area contributed by atoms with Crippen LogP contribution in [0.2, 0.25) is 0 Å². The van der Waals surface area contributed by atoms with E-state index < -0.39 is 0 Å². The minimum absolute atomic E-state index is 0.0645. The highest BCUT2D eigenvalue weighted by atomic mass is 16.2. The number of amides is 2. The number of benzene rings is 1. The molecule has 0 aliphatic carbocycles. The average molecular weight is 382 g/mol. The molecule has 0 bridgehead atoms. The molecular weight excluding hydrogens is 356 g/mol. The zero-order valence-electron chi connectivity index (χ0n) is 16.7. The fourth-order valence-corrected chi connectivity index (χ4v) is 3.02. The van der Waals surface area contributed by atoms with Gasteiger partial charge < -0.3 is 5.32 Å². The molecule has 8 nitrogen and oxygen atoms in total. The van der Waals surface area contributed by atoms with Crippen molar-refractivity contribution in [2.45, 2.75) is 34.2 Å². The van der Waals surface area contributed by atoms with Crippen LogP contribution in [0.5, 0.6) is 0 Å². The number of amidine groups is 1. The van der Waals surface area contributed by atoms with Gasteiger partial charge in [-0.1, -0.05) is 24.6 Å². The van der Waals surface area contributed by atoms with Crippen molar-refractivity contribution in [2.24, 2.45) is 10.9 Å². The number of aliphatic imine (C=N–C) groups is 1. The van der Waals surface area contributed by atoms with E-state index in [0.29, 0.717) is 18.8 Å². The van der Waals surface area contributed by atoms with Gasteiger partial charge in [0.2, 0.25) is 5.84 Å². The predicted molar refractivity (Wildman–Crippen MR) is 108 cm³/mol. The Kier molecular flexibility index (Phi) is 5.77. The van der Waals surface area contributed by atoms with Crippen LogP contribution in [0.15, 0.2) is 35.3 Å². The van der Waals surface area contributed by atoms with E-state index in [-0.39, 0.29) is 30.1 Å². The van der Waals surface area contributed by atoms with E-state index in [1.807, 2.05) is 55.8 Å². The van der Waals surface area contributed by atoms with Crippen molar-refractivity contribution in [3.63, 3.8) is 0 Å². The van der Waals surface area contributed by atoms with Crippen LogP contribution in [0, 0.1) is 26.7 Å². The lowest BCUT2D eigenvalue weighted by molar-refractivity contribution is -0.118. The van der Waals surface area contributed by atoms with Crippen molar-refractivity contribution in [3.8, 4) is 0 Å². The second-order valence-electron chi connectivity index (χ2n) is 7.27. The van der Waals surface area contributed by atoms with E-state index in [0.717, 1.165) is 17.0 Å². The number of carbonyl (C=O) groups is 2. The summed E-state index contributed by atoms with van der Waals surface area (Å²) in [5.74, 6) is -0.206. The Morgan fingerprint density at radius 1 is 1.25 bits per heavy atom. The van der Waals surface area contributed by atoms with Crippen molar-refractivity contribution >= 4 is 23.3 Å². The van der Waals surface area contributed by atoms with Crippen LogP contribution in [0.3, 0.4) is 0 Å². The van der Waals surface area contributed by atoms with Gasteiger partial charge in [-0.15, -0.1) is 0 Å². The van der Waals surface area contributed by atoms with Crippen LogP contribution in [0.4, 0.5) is 5.69 Å². The summed E-state index contributed by atoms with van der Waals surface area (Å²) in [6.45, 7) is 9.14. The lowest BCUT2D eigenvalue weighted by Gasteiger charge is -2.28. The number of nitrogens with zero attached hydrogens (tertiary/aromatic N) is 4. The smallest absolute Gasteiger partial charge is 0.288 e. The number of aryl methyl sites for hydroxylation is 3. The van der Waals surface area contributed by atoms with Crippen LogP contribution < -0.4 is 15.8 Å². The molecule has 0 saturated heterocycles. The molecular formula is C20H26N6O2. The van der Waals surface area contributed by atoms with Crippen LogP contribution in [0.1, 0.15) is 23.9 Å². The largest absolute Gasteiger partial charge is 0.349 e. The van der Waals surface area contributed by atoms with Gasteiger partial charge in [0, 0.05) is 18.8 Å². The highest BCUT2D eigenvalue weighted by Gasteiger charge is 2.25. The van der Waals surface area contributed by atoms with Gasteiger partial charge >= 0.3 is 0 Å². The highest BCUT2D eigenvalue weighted by molar-refractivity contribution is 6.39. The molecule has 2 aromatic rings. The molecule has 1 atom stereocenters. The van der Waals surface area contributed by atoms with Gasteiger partial charge in [-0.2, -0.15) is 5.10 Å². The first-order valence-corrected chi connectivity index (χ1v) is 9.33. The molecule has 2 N–H and O–H groups in total. The maximum atomic E-state index is 12.5. The van der Waals surface area contributed by atoms with Gasteiger partial charge in [0.1, 0.15) is 6.54 Å². The number of hydrazine groups is 1.